The molecular weight excluding hydrogens is 280 g/mol. The Labute approximate surface area is 99.2 Å². The van der Waals surface area contributed by atoms with Crippen LogP contribution in [0.2, 0.25) is 0 Å². The van der Waals surface area contributed by atoms with Crippen LogP contribution in [-0.2, 0) is 0 Å². The number of hydrogen-bond acceptors (Lipinski definition) is 3. The summed E-state index contributed by atoms with van der Waals surface area (Å²) >= 11 is 10.1. The van der Waals surface area contributed by atoms with Crippen molar-refractivity contribution in [2.24, 2.45) is 0 Å². The molecule has 14 heavy (non-hydrogen) atoms. The second-order valence-corrected chi connectivity index (χ2v) is 4.88. The summed E-state index contributed by atoms with van der Waals surface area (Å²) in [6.45, 7) is 2.06. The lowest BCUT2D eigenvalue weighted by molar-refractivity contribution is 1.14. The SMILES string of the molecule is Cc1cscc1-c1ncc(Br)c(=S)[nH]1. The fourth-order valence-corrected chi connectivity index (χ4v) is 2.30. The maximum atomic E-state index is 5.12. The zero-order chi connectivity index (χ0) is 10.1. The van der Waals surface area contributed by atoms with Crippen LogP contribution in [0.5, 0.6) is 0 Å². The first-order chi connectivity index (χ1) is 6.68. The monoisotopic (exact) mass is 286 g/mol. The Hall–Kier alpha value is -0.520. The highest BCUT2D eigenvalue weighted by Crippen LogP contribution is 2.24. The molecule has 0 fully saturated rings. The molecule has 0 saturated carbocycles. The van der Waals surface area contributed by atoms with Gasteiger partial charge in [-0.25, -0.2) is 4.98 Å². The normalized spacial score (nSPS) is 10.4. The molecule has 0 aliphatic carbocycles. The average Bonchev–Trinajstić information content (AvgIpc) is 2.57. The molecule has 5 heteroatoms. The van der Waals surface area contributed by atoms with Crippen LogP contribution in [-0.4, -0.2) is 9.97 Å². The Morgan fingerprint density at radius 2 is 2.29 bits per heavy atom. The number of H-pyrrole nitrogens is 1. The number of halogens is 1. The summed E-state index contributed by atoms with van der Waals surface area (Å²) in [5.74, 6) is 0.831. The van der Waals surface area contributed by atoms with Gasteiger partial charge in [-0.2, -0.15) is 11.3 Å². The number of aromatic amines is 1. The number of thiophene rings is 1. The van der Waals surface area contributed by atoms with E-state index >= 15 is 0 Å². The van der Waals surface area contributed by atoms with E-state index in [1.54, 1.807) is 17.5 Å². The lowest BCUT2D eigenvalue weighted by Crippen LogP contribution is -1.89. The van der Waals surface area contributed by atoms with E-state index in [0.717, 1.165) is 15.9 Å². The van der Waals surface area contributed by atoms with Gasteiger partial charge in [-0.1, -0.05) is 12.2 Å². The van der Waals surface area contributed by atoms with Gasteiger partial charge in [0.05, 0.1) is 4.47 Å². The van der Waals surface area contributed by atoms with Crippen LogP contribution in [0.15, 0.2) is 21.4 Å². The molecule has 0 spiro atoms. The Bertz CT molecular complexity index is 516. The van der Waals surface area contributed by atoms with Gasteiger partial charge in [0, 0.05) is 17.1 Å². The molecule has 0 aromatic carbocycles. The molecule has 2 aromatic rings. The predicted molar refractivity (Wildman–Crippen MR) is 65.2 cm³/mol. The van der Waals surface area contributed by atoms with Gasteiger partial charge in [-0.3, -0.25) is 0 Å². The van der Waals surface area contributed by atoms with Crippen molar-refractivity contribution in [3.8, 4) is 11.4 Å². The Balaban J connectivity index is 2.59. The Kier molecular flexibility index (Phi) is 2.80. The maximum absolute atomic E-state index is 5.12. The highest BCUT2D eigenvalue weighted by Gasteiger charge is 2.04. The summed E-state index contributed by atoms with van der Waals surface area (Å²) in [5, 5.41) is 4.16. The third kappa shape index (κ3) is 1.80. The van der Waals surface area contributed by atoms with Crippen LogP contribution in [0.4, 0.5) is 0 Å². The minimum absolute atomic E-state index is 0.681. The van der Waals surface area contributed by atoms with Crippen LogP contribution in [0.3, 0.4) is 0 Å². The van der Waals surface area contributed by atoms with Crippen molar-refractivity contribution >= 4 is 39.5 Å². The molecule has 2 rings (SSSR count). The Morgan fingerprint density at radius 1 is 1.50 bits per heavy atom. The third-order valence-corrected chi connectivity index (χ3v) is 3.91. The molecule has 0 radical (unpaired) electrons. The first-order valence-corrected chi connectivity index (χ1v) is 6.11. The summed E-state index contributed by atoms with van der Waals surface area (Å²) in [4.78, 5) is 7.36. The molecule has 0 aliphatic rings. The van der Waals surface area contributed by atoms with Crippen molar-refractivity contribution < 1.29 is 0 Å². The van der Waals surface area contributed by atoms with Crippen molar-refractivity contribution in [3.05, 3.63) is 31.6 Å². The van der Waals surface area contributed by atoms with E-state index in [-0.39, 0.29) is 0 Å². The molecule has 0 aliphatic heterocycles. The van der Waals surface area contributed by atoms with Crippen LogP contribution in [0, 0.1) is 11.6 Å². The minimum Gasteiger partial charge on any atom is -0.330 e. The lowest BCUT2D eigenvalue weighted by Gasteiger charge is -1.99. The fourth-order valence-electron chi connectivity index (χ4n) is 1.12. The van der Waals surface area contributed by atoms with Gasteiger partial charge in [0.15, 0.2) is 0 Å². The first-order valence-electron chi connectivity index (χ1n) is 3.96. The Morgan fingerprint density at radius 3 is 2.86 bits per heavy atom. The second-order valence-electron chi connectivity index (χ2n) is 2.88. The zero-order valence-electron chi connectivity index (χ0n) is 7.37. The lowest BCUT2D eigenvalue weighted by atomic mass is 10.2. The number of aryl methyl sites for hydroxylation is 1. The van der Waals surface area contributed by atoms with E-state index < -0.39 is 0 Å². The summed E-state index contributed by atoms with van der Waals surface area (Å²) in [7, 11) is 0. The molecule has 2 aromatic heterocycles. The number of nitrogens with zero attached hydrogens (tertiary/aromatic N) is 1. The number of aromatic nitrogens is 2. The van der Waals surface area contributed by atoms with Crippen molar-refractivity contribution in [2.45, 2.75) is 6.92 Å². The minimum atomic E-state index is 0.681. The smallest absolute Gasteiger partial charge is 0.139 e. The van der Waals surface area contributed by atoms with Crippen molar-refractivity contribution in [3.63, 3.8) is 0 Å². The topological polar surface area (TPSA) is 28.7 Å². The van der Waals surface area contributed by atoms with Crippen molar-refractivity contribution in [2.75, 3.05) is 0 Å². The molecule has 0 amide bonds. The highest BCUT2D eigenvalue weighted by atomic mass is 79.9. The molecular formula is C9H7BrN2S2. The van der Waals surface area contributed by atoms with Gasteiger partial charge in [0.2, 0.25) is 0 Å². The van der Waals surface area contributed by atoms with E-state index in [1.807, 2.05) is 0 Å². The van der Waals surface area contributed by atoms with Gasteiger partial charge in [0.1, 0.15) is 10.5 Å². The number of rotatable bonds is 1. The van der Waals surface area contributed by atoms with E-state index in [2.05, 4.69) is 43.6 Å². The van der Waals surface area contributed by atoms with Crippen LogP contribution < -0.4 is 0 Å². The van der Waals surface area contributed by atoms with Gasteiger partial charge in [0.25, 0.3) is 0 Å². The van der Waals surface area contributed by atoms with Gasteiger partial charge in [-0.15, -0.1) is 0 Å². The zero-order valence-corrected chi connectivity index (χ0v) is 10.6. The van der Waals surface area contributed by atoms with Gasteiger partial charge >= 0.3 is 0 Å². The van der Waals surface area contributed by atoms with Crippen molar-refractivity contribution in [1.29, 1.82) is 0 Å². The van der Waals surface area contributed by atoms with Gasteiger partial charge in [-0.05, 0) is 33.8 Å². The molecule has 2 nitrogen and oxygen atoms in total. The maximum Gasteiger partial charge on any atom is 0.139 e. The predicted octanol–water partition coefficient (Wildman–Crippen LogP) is 3.94. The molecule has 72 valence electrons. The summed E-state index contributed by atoms with van der Waals surface area (Å²) < 4.78 is 1.50. The van der Waals surface area contributed by atoms with Crippen LogP contribution in [0.1, 0.15) is 5.56 Å². The molecule has 1 N–H and O–H groups in total. The summed E-state index contributed by atoms with van der Waals surface area (Å²) in [5.41, 5.74) is 2.34. The fraction of sp³-hybridized carbons (Fsp3) is 0.111. The third-order valence-electron chi connectivity index (χ3n) is 1.87. The number of nitrogens with one attached hydrogen (secondary N) is 1. The quantitative estimate of drug-likeness (QED) is 0.805. The number of hydrogen-bond donors (Lipinski definition) is 1. The molecule has 0 unspecified atom stereocenters. The van der Waals surface area contributed by atoms with Gasteiger partial charge < -0.3 is 4.98 Å². The standard InChI is InChI=1S/C9H7BrN2S2/c1-5-3-14-4-6(5)8-11-2-7(10)9(13)12-8/h2-4H,1H3,(H,11,12,13). The molecule has 0 saturated heterocycles. The van der Waals surface area contributed by atoms with E-state index in [9.17, 15) is 0 Å². The second kappa shape index (κ2) is 3.92. The largest absolute Gasteiger partial charge is 0.330 e. The summed E-state index contributed by atoms with van der Waals surface area (Å²) in [6.07, 6.45) is 1.73. The molecule has 0 atom stereocenters. The van der Waals surface area contributed by atoms with E-state index in [0.29, 0.717) is 4.64 Å². The van der Waals surface area contributed by atoms with Crippen molar-refractivity contribution in [1.82, 2.24) is 9.97 Å². The first kappa shape index (κ1) is 10.0. The highest BCUT2D eigenvalue weighted by molar-refractivity contribution is 9.10. The van der Waals surface area contributed by atoms with E-state index in [1.165, 1.54) is 5.56 Å². The van der Waals surface area contributed by atoms with E-state index in [4.69, 9.17) is 12.2 Å². The molecule has 0 bridgehead atoms. The van der Waals surface area contributed by atoms with Crippen LogP contribution >= 0.6 is 39.5 Å². The summed E-state index contributed by atoms with van der Waals surface area (Å²) in [6, 6.07) is 0. The van der Waals surface area contributed by atoms with Crippen LogP contribution in [0.25, 0.3) is 11.4 Å². The average molecular weight is 287 g/mol. The molecule has 2 heterocycles.